The van der Waals surface area contributed by atoms with Crippen molar-refractivity contribution < 1.29 is 0 Å². The monoisotopic (exact) mass is 284 g/mol. The van der Waals surface area contributed by atoms with Crippen LogP contribution in [0.1, 0.15) is 24.8 Å². The summed E-state index contributed by atoms with van der Waals surface area (Å²) in [6, 6.07) is 4.19. The number of unbranched alkanes of at least 4 members (excludes halogenated alkanes) is 2. The molecule has 1 aromatic rings. The van der Waals surface area contributed by atoms with Crippen LogP contribution in [0.3, 0.4) is 0 Å². The molecule has 0 aliphatic heterocycles. The van der Waals surface area contributed by atoms with Crippen LogP contribution in [0.15, 0.2) is 24.5 Å². The van der Waals surface area contributed by atoms with Gasteiger partial charge in [0, 0.05) is 24.3 Å². The zero-order valence-corrected chi connectivity index (χ0v) is 11.6. The molecular weight excluding hydrogens is 264 g/mol. The van der Waals surface area contributed by atoms with E-state index in [4.69, 9.17) is 0 Å². The Kier molecular flexibility index (Phi) is 7.43. The Hall–Kier alpha value is -0.410. The summed E-state index contributed by atoms with van der Waals surface area (Å²) in [6.07, 6.45) is 8.77. The molecule has 0 saturated heterocycles. The fourth-order valence-corrected chi connectivity index (χ4v) is 2.03. The molecule has 0 bridgehead atoms. The number of hydrogen-bond donors (Lipinski definition) is 0. The third-order valence-electron chi connectivity index (χ3n) is 2.71. The Labute approximate surface area is 107 Å². The summed E-state index contributed by atoms with van der Waals surface area (Å²) in [7, 11) is 2.20. The van der Waals surface area contributed by atoms with Crippen molar-refractivity contribution in [3.63, 3.8) is 0 Å². The van der Waals surface area contributed by atoms with Gasteiger partial charge in [0.1, 0.15) is 0 Å². The Balaban J connectivity index is 2.08. The minimum atomic E-state index is 1.12. The topological polar surface area (TPSA) is 16.1 Å². The minimum absolute atomic E-state index is 1.12. The number of halogens is 1. The molecule has 3 heteroatoms. The first-order chi connectivity index (χ1) is 7.83. The molecule has 0 atom stereocenters. The lowest BCUT2D eigenvalue weighted by Crippen LogP contribution is -2.22. The van der Waals surface area contributed by atoms with Gasteiger partial charge in [0.05, 0.1) is 0 Å². The highest BCUT2D eigenvalue weighted by atomic mass is 79.9. The second kappa shape index (κ2) is 8.71. The van der Waals surface area contributed by atoms with Crippen LogP contribution in [0, 0.1) is 0 Å². The number of nitrogens with zero attached hydrogens (tertiary/aromatic N) is 2. The highest BCUT2D eigenvalue weighted by Crippen LogP contribution is 2.02. The number of pyridine rings is 1. The maximum atomic E-state index is 4.02. The zero-order chi connectivity index (χ0) is 11.6. The molecule has 0 aliphatic carbocycles. The quantitative estimate of drug-likeness (QED) is 0.539. The molecule has 0 unspecified atom stereocenters. The Morgan fingerprint density at radius 3 is 2.56 bits per heavy atom. The number of alkyl halides is 1. The van der Waals surface area contributed by atoms with Gasteiger partial charge < -0.3 is 4.90 Å². The van der Waals surface area contributed by atoms with Crippen LogP contribution in [-0.4, -0.2) is 35.4 Å². The van der Waals surface area contributed by atoms with Crippen molar-refractivity contribution in [2.24, 2.45) is 0 Å². The average molecular weight is 285 g/mol. The summed E-state index contributed by atoms with van der Waals surface area (Å²) < 4.78 is 0. The zero-order valence-electron chi connectivity index (χ0n) is 10.0. The van der Waals surface area contributed by atoms with Crippen molar-refractivity contribution in [2.45, 2.75) is 25.7 Å². The van der Waals surface area contributed by atoms with Gasteiger partial charge in [-0.15, -0.1) is 0 Å². The van der Waals surface area contributed by atoms with E-state index in [1.807, 2.05) is 12.4 Å². The van der Waals surface area contributed by atoms with Crippen molar-refractivity contribution in [1.29, 1.82) is 0 Å². The first-order valence-corrected chi connectivity index (χ1v) is 7.08. The molecule has 1 heterocycles. The van der Waals surface area contributed by atoms with E-state index in [2.05, 4.69) is 45.0 Å². The van der Waals surface area contributed by atoms with Crippen LogP contribution in [0.4, 0.5) is 0 Å². The number of hydrogen-bond acceptors (Lipinski definition) is 2. The number of aromatic nitrogens is 1. The van der Waals surface area contributed by atoms with E-state index in [1.54, 1.807) is 0 Å². The van der Waals surface area contributed by atoms with Gasteiger partial charge >= 0.3 is 0 Å². The second-order valence-electron chi connectivity index (χ2n) is 4.16. The molecule has 1 aromatic heterocycles. The summed E-state index contributed by atoms with van der Waals surface area (Å²) in [6.45, 7) is 2.34. The van der Waals surface area contributed by atoms with E-state index >= 15 is 0 Å². The van der Waals surface area contributed by atoms with Gasteiger partial charge in [0.25, 0.3) is 0 Å². The Bertz CT molecular complexity index is 264. The predicted octanol–water partition coefficient (Wildman–Crippen LogP) is 3.12. The molecule has 0 amide bonds. The summed E-state index contributed by atoms with van der Waals surface area (Å²) in [5.41, 5.74) is 1.38. The third-order valence-corrected chi connectivity index (χ3v) is 3.27. The van der Waals surface area contributed by atoms with Gasteiger partial charge in [0.2, 0.25) is 0 Å². The third kappa shape index (κ3) is 6.23. The lowest BCUT2D eigenvalue weighted by molar-refractivity contribution is 0.329. The van der Waals surface area contributed by atoms with Crippen molar-refractivity contribution >= 4 is 15.9 Å². The summed E-state index contributed by atoms with van der Waals surface area (Å²) in [4.78, 5) is 6.44. The van der Waals surface area contributed by atoms with Crippen molar-refractivity contribution in [1.82, 2.24) is 9.88 Å². The Morgan fingerprint density at radius 1 is 1.12 bits per heavy atom. The maximum Gasteiger partial charge on any atom is 0.0270 e. The molecule has 0 aliphatic rings. The molecule has 2 nitrogen and oxygen atoms in total. The average Bonchev–Trinajstić information content (AvgIpc) is 2.33. The fraction of sp³-hybridized carbons (Fsp3) is 0.615. The van der Waals surface area contributed by atoms with E-state index in [-0.39, 0.29) is 0 Å². The fourth-order valence-electron chi connectivity index (χ4n) is 1.63. The van der Waals surface area contributed by atoms with Crippen LogP contribution in [-0.2, 0) is 6.42 Å². The standard InChI is InChI=1S/C13H21BrN2/c1-16(11-4-2-3-8-14)12-7-13-5-9-15-10-6-13/h5-6,9-10H,2-4,7-8,11-12H2,1H3. The van der Waals surface area contributed by atoms with Gasteiger partial charge in [-0.3, -0.25) is 4.98 Å². The summed E-state index contributed by atoms with van der Waals surface area (Å²) in [5.74, 6) is 0. The van der Waals surface area contributed by atoms with Crippen molar-refractivity contribution in [2.75, 3.05) is 25.5 Å². The molecular formula is C13H21BrN2. The summed E-state index contributed by atoms with van der Waals surface area (Å²) >= 11 is 3.46. The maximum absolute atomic E-state index is 4.02. The lowest BCUT2D eigenvalue weighted by atomic mass is 10.2. The molecule has 0 N–H and O–H groups in total. The van der Waals surface area contributed by atoms with Crippen LogP contribution >= 0.6 is 15.9 Å². The SMILES string of the molecule is CN(CCCCCBr)CCc1ccncc1. The van der Waals surface area contributed by atoms with Crippen LogP contribution < -0.4 is 0 Å². The first kappa shape index (κ1) is 13.7. The Morgan fingerprint density at radius 2 is 1.88 bits per heavy atom. The van der Waals surface area contributed by atoms with E-state index in [1.165, 1.54) is 31.4 Å². The second-order valence-corrected chi connectivity index (χ2v) is 4.95. The van der Waals surface area contributed by atoms with Crippen molar-refractivity contribution in [3.05, 3.63) is 30.1 Å². The highest BCUT2D eigenvalue weighted by Gasteiger charge is 1.99. The van der Waals surface area contributed by atoms with Gasteiger partial charge in [-0.2, -0.15) is 0 Å². The van der Waals surface area contributed by atoms with Crippen LogP contribution in [0.5, 0.6) is 0 Å². The predicted molar refractivity (Wildman–Crippen MR) is 73.1 cm³/mol. The van der Waals surface area contributed by atoms with E-state index in [0.717, 1.165) is 18.3 Å². The van der Waals surface area contributed by atoms with Crippen LogP contribution in [0.2, 0.25) is 0 Å². The molecule has 0 fully saturated rings. The number of likely N-dealkylation sites (N-methyl/N-ethyl adjacent to an activating group) is 1. The molecule has 1 rings (SSSR count). The van der Waals surface area contributed by atoms with Crippen LogP contribution in [0.25, 0.3) is 0 Å². The van der Waals surface area contributed by atoms with Gasteiger partial charge in [-0.1, -0.05) is 22.4 Å². The van der Waals surface area contributed by atoms with Gasteiger partial charge in [0.15, 0.2) is 0 Å². The van der Waals surface area contributed by atoms with E-state index in [9.17, 15) is 0 Å². The van der Waals surface area contributed by atoms with Gasteiger partial charge in [-0.05, 0) is 50.6 Å². The molecule has 0 saturated carbocycles. The smallest absolute Gasteiger partial charge is 0.0270 e. The van der Waals surface area contributed by atoms with Gasteiger partial charge in [-0.25, -0.2) is 0 Å². The minimum Gasteiger partial charge on any atom is -0.306 e. The van der Waals surface area contributed by atoms with E-state index < -0.39 is 0 Å². The first-order valence-electron chi connectivity index (χ1n) is 5.96. The largest absolute Gasteiger partial charge is 0.306 e. The molecule has 0 radical (unpaired) electrons. The van der Waals surface area contributed by atoms with E-state index in [0.29, 0.717) is 0 Å². The molecule has 16 heavy (non-hydrogen) atoms. The number of rotatable bonds is 8. The summed E-state index contributed by atoms with van der Waals surface area (Å²) in [5, 5.41) is 1.13. The molecule has 0 aromatic carbocycles. The molecule has 90 valence electrons. The highest BCUT2D eigenvalue weighted by molar-refractivity contribution is 9.09. The van der Waals surface area contributed by atoms with Crippen molar-refractivity contribution in [3.8, 4) is 0 Å². The normalized spacial score (nSPS) is 10.9. The lowest BCUT2D eigenvalue weighted by Gasteiger charge is -2.16. The molecule has 0 spiro atoms.